The molecule has 1 heterocycles. The maximum absolute atomic E-state index is 11.8. The summed E-state index contributed by atoms with van der Waals surface area (Å²) in [6, 6.07) is 2.85. The van der Waals surface area contributed by atoms with Crippen molar-refractivity contribution in [1.29, 1.82) is 0 Å². The van der Waals surface area contributed by atoms with Gasteiger partial charge in [-0.25, -0.2) is 18.1 Å². The average molecular weight is 293 g/mol. The third-order valence-corrected chi connectivity index (χ3v) is 3.67. The van der Waals surface area contributed by atoms with E-state index >= 15 is 0 Å². The molecule has 0 saturated carbocycles. The van der Waals surface area contributed by atoms with Gasteiger partial charge in [-0.3, -0.25) is 0 Å². The van der Waals surface area contributed by atoms with Crippen LogP contribution in [0.1, 0.15) is 13.8 Å². The molecular weight excluding hydrogens is 276 g/mol. The molecular formula is C11H17ClN2O3S. The highest BCUT2D eigenvalue weighted by atomic mass is 35.5. The third kappa shape index (κ3) is 5.30. The zero-order chi connectivity index (χ0) is 13.6. The summed E-state index contributed by atoms with van der Waals surface area (Å²) < 4.78 is 31.3. The summed E-state index contributed by atoms with van der Waals surface area (Å²) in [6.07, 6.45) is 1.22. The summed E-state index contributed by atoms with van der Waals surface area (Å²) in [5.74, 6) is 0.432. The predicted octanol–water partition coefficient (Wildman–Crippen LogP) is 1.69. The molecule has 0 atom stereocenters. The van der Waals surface area contributed by atoms with Crippen molar-refractivity contribution in [1.82, 2.24) is 9.71 Å². The van der Waals surface area contributed by atoms with Crippen molar-refractivity contribution in [3.63, 3.8) is 0 Å². The Morgan fingerprint density at radius 1 is 1.44 bits per heavy atom. The summed E-state index contributed by atoms with van der Waals surface area (Å²) in [5, 5.41) is 0.259. The van der Waals surface area contributed by atoms with E-state index in [2.05, 4.69) is 9.71 Å². The highest BCUT2D eigenvalue weighted by Crippen LogP contribution is 2.10. The van der Waals surface area contributed by atoms with Gasteiger partial charge in [-0.15, -0.1) is 0 Å². The van der Waals surface area contributed by atoms with Crippen molar-refractivity contribution in [3.8, 4) is 0 Å². The first-order chi connectivity index (χ1) is 8.42. The Balaban J connectivity index is 2.43. The molecule has 0 aliphatic heterocycles. The van der Waals surface area contributed by atoms with E-state index in [-0.39, 0.29) is 16.6 Å². The van der Waals surface area contributed by atoms with E-state index in [4.69, 9.17) is 16.3 Å². The number of halogens is 1. The first-order valence-electron chi connectivity index (χ1n) is 5.61. The van der Waals surface area contributed by atoms with E-state index in [9.17, 15) is 8.42 Å². The van der Waals surface area contributed by atoms with E-state index < -0.39 is 10.0 Å². The number of rotatable bonds is 7. The SMILES string of the molecule is CC(C)COCCNS(=O)(=O)c1ccc(Cl)nc1. The number of hydrogen-bond acceptors (Lipinski definition) is 4. The summed E-state index contributed by atoms with van der Waals surface area (Å²) in [5.41, 5.74) is 0. The van der Waals surface area contributed by atoms with Crippen LogP contribution in [0.5, 0.6) is 0 Å². The maximum Gasteiger partial charge on any atom is 0.242 e. The zero-order valence-electron chi connectivity index (χ0n) is 10.4. The van der Waals surface area contributed by atoms with Crippen LogP contribution >= 0.6 is 11.6 Å². The molecule has 1 rings (SSSR count). The van der Waals surface area contributed by atoms with Crippen LogP contribution in [-0.4, -0.2) is 33.2 Å². The smallest absolute Gasteiger partial charge is 0.242 e. The number of hydrogen-bond donors (Lipinski definition) is 1. The normalized spacial score (nSPS) is 12.0. The highest BCUT2D eigenvalue weighted by molar-refractivity contribution is 7.89. The van der Waals surface area contributed by atoms with Gasteiger partial charge in [0.15, 0.2) is 0 Å². The molecule has 0 fully saturated rings. The van der Waals surface area contributed by atoms with Crippen molar-refractivity contribution in [2.24, 2.45) is 5.92 Å². The largest absolute Gasteiger partial charge is 0.380 e. The van der Waals surface area contributed by atoms with Crippen molar-refractivity contribution in [3.05, 3.63) is 23.5 Å². The molecule has 0 aromatic carbocycles. The second-order valence-corrected chi connectivity index (χ2v) is 6.34. The van der Waals surface area contributed by atoms with Gasteiger partial charge in [-0.1, -0.05) is 25.4 Å². The summed E-state index contributed by atoms with van der Waals surface area (Å²) >= 11 is 5.59. The van der Waals surface area contributed by atoms with Gasteiger partial charge in [0, 0.05) is 19.3 Å². The van der Waals surface area contributed by atoms with E-state index in [1.807, 2.05) is 13.8 Å². The van der Waals surface area contributed by atoms with Crippen LogP contribution < -0.4 is 4.72 Å². The Bertz CT molecular complexity index is 460. The number of ether oxygens (including phenoxy) is 1. The van der Waals surface area contributed by atoms with Gasteiger partial charge in [-0.2, -0.15) is 0 Å². The summed E-state index contributed by atoms with van der Waals surface area (Å²) in [4.78, 5) is 3.82. The number of nitrogens with zero attached hydrogens (tertiary/aromatic N) is 1. The molecule has 1 aromatic rings. The summed E-state index contributed by atoms with van der Waals surface area (Å²) in [6.45, 7) is 5.26. The Labute approximate surface area is 113 Å². The lowest BCUT2D eigenvalue weighted by atomic mass is 10.2. The molecule has 0 unspecified atom stereocenters. The lowest BCUT2D eigenvalue weighted by molar-refractivity contribution is 0.114. The van der Waals surface area contributed by atoms with Crippen LogP contribution in [-0.2, 0) is 14.8 Å². The third-order valence-electron chi connectivity index (χ3n) is 2.00. The Morgan fingerprint density at radius 2 is 2.17 bits per heavy atom. The average Bonchev–Trinajstić information content (AvgIpc) is 2.28. The minimum atomic E-state index is -3.53. The highest BCUT2D eigenvalue weighted by Gasteiger charge is 2.13. The lowest BCUT2D eigenvalue weighted by Crippen LogP contribution is -2.28. The van der Waals surface area contributed by atoms with Crippen LogP contribution in [0.3, 0.4) is 0 Å². The van der Waals surface area contributed by atoms with Crippen LogP contribution in [0.2, 0.25) is 5.15 Å². The molecule has 0 aliphatic carbocycles. The molecule has 0 spiro atoms. The monoisotopic (exact) mass is 292 g/mol. The summed E-state index contributed by atoms with van der Waals surface area (Å²) in [7, 11) is -3.53. The van der Waals surface area contributed by atoms with Gasteiger partial charge in [0.1, 0.15) is 10.0 Å². The van der Waals surface area contributed by atoms with Gasteiger partial charge < -0.3 is 4.74 Å². The van der Waals surface area contributed by atoms with Crippen molar-refractivity contribution >= 4 is 21.6 Å². The molecule has 0 radical (unpaired) electrons. The number of pyridine rings is 1. The first-order valence-corrected chi connectivity index (χ1v) is 7.47. The topological polar surface area (TPSA) is 68.3 Å². The lowest BCUT2D eigenvalue weighted by Gasteiger charge is -2.08. The standard InChI is InChI=1S/C11H17ClN2O3S/c1-9(2)8-17-6-5-14-18(15,16)10-3-4-11(12)13-7-10/h3-4,7,9,14H,5-6,8H2,1-2H3. The Kier molecular flexibility index (Phi) is 6.01. The van der Waals surface area contributed by atoms with Crippen molar-refractivity contribution in [2.75, 3.05) is 19.8 Å². The number of aromatic nitrogens is 1. The molecule has 0 aliphatic rings. The fourth-order valence-corrected chi connectivity index (χ4v) is 2.24. The molecule has 0 bridgehead atoms. The molecule has 0 amide bonds. The van der Waals surface area contributed by atoms with Gasteiger partial charge >= 0.3 is 0 Å². The molecule has 0 saturated heterocycles. The van der Waals surface area contributed by atoms with E-state index in [1.54, 1.807) is 0 Å². The van der Waals surface area contributed by atoms with Crippen LogP contribution in [0.15, 0.2) is 23.2 Å². The van der Waals surface area contributed by atoms with Gasteiger partial charge in [-0.05, 0) is 18.1 Å². The van der Waals surface area contributed by atoms with E-state index in [1.165, 1.54) is 18.3 Å². The molecule has 1 N–H and O–H groups in total. The quantitative estimate of drug-likeness (QED) is 0.613. The van der Waals surface area contributed by atoms with Crippen LogP contribution in [0.4, 0.5) is 0 Å². The van der Waals surface area contributed by atoms with Crippen LogP contribution in [0.25, 0.3) is 0 Å². The fraction of sp³-hybridized carbons (Fsp3) is 0.545. The van der Waals surface area contributed by atoms with E-state index in [0.717, 1.165) is 0 Å². The Morgan fingerprint density at radius 3 is 2.72 bits per heavy atom. The molecule has 18 heavy (non-hydrogen) atoms. The van der Waals surface area contributed by atoms with Crippen LogP contribution in [0, 0.1) is 5.92 Å². The molecule has 102 valence electrons. The first kappa shape index (κ1) is 15.4. The van der Waals surface area contributed by atoms with Crippen molar-refractivity contribution in [2.45, 2.75) is 18.7 Å². The van der Waals surface area contributed by atoms with Crippen molar-refractivity contribution < 1.29 is 13.2 Å². The zero-order valence-corrected chi connectivity index (χ0v) is 12.0. The van der Waals surface area contributed by atoms with E-state index in [0.29, 0.717) is 19.1 Å². The molecule has 5 nitrogen and oxygen atoms in total. The van der Waals surface area contributed by atoms with Gasteiger partial charge in [0.05, 0.1) is 6.61 Å². The second kappa shape index (κ2) is 7.04. The minimum absolute atomic E-state index is 0.0933. The minimum Gasteiger partial charge on any atom is -0.380 e. The number of sulfonamides is 1. The Hall–Kier alpha value is -0.690. The molecule has 7 heteroatoms. The maximum atomic E-state index is 11.8. The second-order valence-electron chi connectivity index (χ2n) is 4.18. The number of nitrogens with one attached hydrogen (secondary N) is 1. The van der Waals surface area contributed by atoms with Gasteiger partial charge in [0.25, 0.3) is 0 Å². The fourth-order valence-electron chi connectivity index (χ4n) is 1.17. The molecule has 1 aromatic heterocycles. The van der Waals surface area contributed by atoms with Gasteiger partial charge in [0.2, 0.25) is 10.0 Å². The predicted molar refractivity (Wildman–Crippen MR) is 70.1 cm³/mol.